The number of rotatable bonds is 9. The van der Waals surface area contributed by atoms with Crippen molar-refractivity contribution in [3.05, 3.63) is 70.1 Å². The van der Waals surface area contributed by atoms with E-state index < -0.39 is 27.7 Å². The van der Waals surface area contributed by atoms with Crippen LogP contribution in [0.1, 0.15) is 24.5 Å². The van der Waals surface area contributed by atoms with Crippen LogP contribution in [0.3, 0.4) is 0 Å². The maximum absolute atomic E-state index is 12.2. The molecule has 180 valence electrons. The molecule has 11 heteroatoms. The van der Waals surface area contributed by atoms with E-state index in [-0.39, 0.29) is 30.1 Å². The van der Waals surface area contributed by atoms with Crippen LogP contribution in [-0.2, 0) is 37.3 Å². The number of fused-ring (bicyclic) bond motifs is 1. The molecule has 1 aromatic heterocycles. The van der Waals surface area contributed by atoms with Crippen LogP contribution in [0.2, 0.25) is 0 Å². The van der Waals surface area contributed by atoms with E-state index in [4.69, 9.17) is 13.9 Å². The number of carbonyl (C=O) groups excluding carboxylic acids is 2. The van der Waals surface area contributed by atoms with E-state index >= 15 is 0 Å². The highest BCUT2D eigenvalue weighted by molar-refractivity contribution is 7.89. The molecule has 0 saturated heterocycles. The first-order valence-electron chi connectivity index (χ1n) is 10.4. The fourth-order valence-corrected chi connectivity index (χ4v) is 3.87. The summed E-state index contributed by atoms with van der Waals surface area (Å²) in [5.74, 6) is -0.478. The lowest BCUT2D eigenvalue weighted by atomic mass is 10.1. The molecule has 34 heavy (non-hydrogen) atoms. The Kier molecular flexibility index (Phi) is 8.03. The molecule has 0 aliphatic heterocycles. The van der Waals surface area contributed by atoms with Gasteiger partial charge in [-0.15, -0.1) is 0 Å². The molecule has 0 aliphatic rings. The Labute approximate surface area is 195 Å². The molecule has 0 saturated carbocycles. The standard InChI is InChI=1S/C23H24N2O8S/c1-3-31-23(28)25-17-7-10-19-16(12-22(27)33-20(19)13-17)14-32-21(26)11-6-15-4-8-18(9-5-15)34(29,30)24-2/h4-5,7-10,12-13,24H,3,6,11,14H2,1-2H3,(H,25,28). The second-order valence-electron chi connectivity index (χ2n) is 7.16. The summed E-state index contributed by atoms with van der Waals surface area (Å²) in [4.78, 5) is 35.9. The Morgan fingerprint density at radius 1 is 1.03 bits per heavy atom. The van der Waals surface area contributed by atoms with Crippen LogP contribution in [0.15, 0.2) is 62.6 Å². The summed E-state index contributed by atoms with van der Waals surface area (Å²) >= 11 is 0. The highest BCUT2D eigenvalue weighted by Crippen LogP contribution is 2.22. The summed E-state index contributed by atoms with van der Waals surface area (Å²) in [5.41, 5.74) is 1.23. The topological polar surface area (TPSA) is 141 Å². The Balaban J connectivity index is 1.62. The van der Waals surface area contributed by atoms with Gasteiger partial charge in [-0.3, -0.25) is 10.1 Å². The van der Waals surface area contributed by atoms with E-state index in [1.54, 1.807) is 31.2 Å². The Bertz CT molecular complexity index is 1350. The first-order chi connectivity index (χ1) is 16.2. The Morgan fingerprint density at radius 2 is 1.76 bits per heavy atom. The van der Waals surface area contributed by atoms with Gasteiger partial charge in [-0.05, 0) is 50.2 Å². The van der Waals surface area contributed by atoms with Gasteiger partial charge in [0.15, 0.2) is 0 Å². The van der Waals surface area contributed by atoms with Crippen LogP contribution < -0.4 is 15.7 Å². The van der Waals surface area contributed by atoms with Gasteiger partial charge in [-0.25, -0.2) is 22.7 Å². The Hall–Kier alpha value is -3.70. The van der Waals surface area contributed by atoms with Gasteiger partial charge in [0.25, 0.3) is 0 Å². The van der Waals surface area contributed by atoms with Crippen LogP contribution in [0, 0.1) is 0 Å². The number of aryl methyl sites for hydroxylation is 1. The average Bonchev–Trinajstić information content (AvgIpc) is 2.81. The number of hydrogen-bond donors (Lipinski definition) is 2. The molecule has 1 amide bonds. The van der Waals surface area contributed by atoms with Gasteiger partial charge in [-0.2, -0.15) is 0 Å². The lowest BCUT2D eigenvalue weighted by molar-refractivity contribution is -0.144. The van der Waals surface area contributed by atoms with Gasteiger partial charge in [0.1, 0.15) is 12.2 Å². The van der Waals surface area contributed by atoms with E-state index in [0.29, 0.717) is 23.1 Å². The van der Waals surface area contributed by atoms with E-state index in [0.717, 1.165) is 5.56 Å². The first-order valence-corrected chi connectivity index (χ1v) is 11.9. The number of hydrogen-bond acceptors (Lipinski definition) is 8. The fourth-order valence-electron chi connectivity index (χ4n) is 3.14. The van der Waals surface area contributed by atoms with Crippen molar-refractivity contribution in [2.75, 3.05) is 19.0 Å². The molecule has 2 N–H and O–H groups in total. The third-order valence-corrected chi connectivity index (χ3v) is 6.29. The summed E-state index contributed by atoms with van der Waals surface area (Å²) in [6.07, 6.45) is -0.197. The number of carbonyl (C=O) groups is 2. The second-order valence-corrected chi connectivity index (χ2v) is 9.05. The largest absolute Gasteiger partial charge is 0.461 e. The second kappa shape index (κ2) is 10.9. The molecule has 0 spiro atoms. The molecule has 10 nitrogen and oxygen atoms in total. The lowest BCUT2D eigenvalue weighted by Gasteiger charge is -2.09. The molecular formula is C23H24N2O8S. The third kappa shape index (κ3) is 6.42. The molecule has 3 rings (SSSR count). The number of esters is 1. The fraction of sp³-hybridized carbons (Fsp3) is 0.261. The van der Waals surface area contributed by atoms with Crippen LogP contribution in [0.5, 0.6) is 0 Å². The van der Waals surface area contributed by atoms with Crippen molar-refractivity contribution in [1.29, 1.82) is 0 Å². The number of benzene rings is 2. The summed E-state index contributed by atoms with van der Waals surface area (Å²) in [5, 5.41) is 3.08. The van der Waals surface area contributed by atoms with E-state index in [9.17, 15) is 22.8 Å². The van der Waals surface area contributed by atoms with Crippen molar-refractivity contribution >= 4 is 38.7 Å². The monoisotopic (exact) mass is 488 g/mol. The van der Waals surface area contributed by atoms with Crippen molar-refractivity contribution in [3.63, 3.8) is 0 Å². The number of sulfonamides is 1. The first kappa shape index (κ1) is 24.9. The maximum atomic E-state index is 12.2. The molecule has 2 aromatic carbocycles. The van der Waals surface area contributed by atoms with Crippen molar-refractivity contribution in [3.8, 4) is 0 Å². The molecule has 0 atom stereocenters. The van der Waals surface area contributed by atoms with Gasteiger partial charge in [0.05, 0.1) is 11.5 Å². The zero-order valence-electron chi connectivity index (χ0n) is 18.6. The highest BCUT2D eigenvalue weighted by atomic mass is 32.2. The maximum Gasteiger partial charge on any atom is 0.411 e. The normalized spacial score (nSPS) is 11.2. The quantitative estimate of drug-likeness (QED) is 0.346. The highest BCUT2D eigenvalue weighted by Gasteiger charge is 2.13. The van der Waals surface area contributed by atoms with Crippen molar-refractivity contribution in [1.82, 2.24) is 4.72 Å². The average molecular weight is 489 g/mol. The molecule has 3 aromatic rings. The minimum Gasteiger partial charge on any atom is -0.461 e. The third-order valence-electron chi connectivity index (χ3n) is 4.86. The van der Waals surface area contributed by atoms with Crippen molar-refractivity contribution in [2.24, 2.45) is 0 Å². The van der Waals surface area contributed by atoms with Crippen LogP contribution in [-0.4, -0.2) is 34.1 Å². The molecule has 1 heterocycles. The Morgan fingerprint density at radius 3 is 2.44 bits per heavy atom. The summed E-state index contributed by atoms with van der Waals surface area (Å²) in [6, 6.07) is 12.2. The molecular weight excluding hydrogens is 464 g/mol. The van der Waals surface area contributed by atoms with Gasteiger partial charge in [0, 0.05) is 35.2 Å². The van der Waals surface area contributed by atoms with Crippen LogP contribution in [0.4, 0.5) is 10.5 Å². The van der Waals surface area contributed by atoms with Gasteiger partial charge in [-0.1, -0.05) is 12.1 Å². The molecule has 0 unspecified atom stereocenters. The zero-order valence-corrected chi connectivity index (χ0v) is 19.4. The summed E-state index contributed by atoms with van der Waals surface area (Å²) in [7, 11) is -2.19. The van der Waals surface area contributed by atoms with Gasteiger partial charge in [0.2, 0.25) is 10.0 Å². The molecule has 0 radical (unpaired) electrons. The van der Waals surface area contributed by atoms with Crippen molar-refractivity contribution in [2.45, 2.75) is 31.3 Å². The minimum atomic E-state index is -3.52. The van der Waals surface area contributed by atoms with E-state index in [1.165, 1.54) is 31.3 Å². The summed E-state index contributed by atoms with van der Waals surface area (Å²) in [6.45, 7) is 1.76. The number of amides is 1. The predicted octanol–water partition coefficient (Wildman–Crippen LogP) is 2.95. The van der Waals surface area contributed by atoms with Crippen molar-refractivity contribution < 1.29 is 31.9 Å². The summed E-state index contributed by atoms with van der Waals surface area (Å²) < 4.78 is 41.1. The molecule has 0 bridgehead atoms. The van der Waals surface area contributed by atoms with E-state index in [2.05, 4.69) is 10.0 Å². The number of ether oxygens (including phenoxy) is 2. The smallest absolute Gasteiger partial charge is 0.411 e. The SMILES string of the molecule is CCOC(=O)Nc1ccc2c(COC(=O)CCc3ccc(S(=O)(=O)NC)cc3)cc(=O)oc2c1. The minimum absolute atomic E-state index is 0.0745. The van der Waals surface area contributed by atoms with Gasteiger partial charge >= 0.3 is 17.7 Å². The van der Waals surface area contributed by atoms with Gasteiger partial charge < -0.3 is 13.9 Å². The lowest BCUT2D eigenvalue weighted by Crippen LogP contribution is -2.18. The van der Waals surface area contributed by atoms with Crippen LogP contribution in [0.25, 0.3) is 11.0 Å². The van der Waals surface area contributed by atoms with E-state index in [1.807, 2.05) is 0 Å². The van der Waals surface area contributed by atoms with Crippen LogP contribution >= 0.6 is 0 Å². The number of nitrogens with one attached hydrogen (secondary N) is 2. The molecule has 0 aliphatic carbocycles. The zero-order chi connectivity index (χ0) is 24.7. The molecule has 0 fully saturated rings. The number of anilines is 1. The predicted molar refractivity (Wildman–Crippen MR) is 124 cm³/mol.